The molecular weight excluding hydrogens is 355 g/mol. The molecule has 0 unspecified atom stereocenters. The van der Waals surface area contributed by atoms with Crippen LogP contribution in [0, 0.1) is 0 Å². The molecule has 8 heavy (non-hydrogen) atoms. The molecule has 8 heteroatoms. The van der Waals surface area contributed by atoms with Crippen molar-refractivity contribution in [1.29, 1.82) is 0 Å². The minimum absolute atomic E-state index is 0. The zero-order valence-corrected chi connectivity index (χ0v) is 8.70. The summed E-state index contributed by atoms with van der Waals surface area (Å²) in [5, 5.41) is 0. The van der Waals surface area contributed by atoms with Crippen molar-refractivity contribution in [2.45, 2.75) is 0 Å². The van der Waals surface area contributed by atoms with E-state index in [0.29, 0.717) is 0 Å². The fourth-order valence-corrected chi connectivity index (χ4v) is 3.24. The van der Waals surface area contributed by atoms with Crippen molar-refractivity contribution in [3.63, 3.8) is 0 Å². The van der Waals surface area contributed by atoms with Gasteiger partial charge in [0, 0.05) is 0 Å². The summed E-state index contributed by atoms with van der Waals surface area (Å²) in [6, 6.07) is 0. The average Bonchev–Trinajstić information content (AvgIpc) is 1.32. The van der Waals surface area contributed by atoms with Gasteiger partial charge < -0.3 is 11.0 Å². The SMILES string of the molecule is O.O.[O]=[Cr]1(=[O])[O][Pb][O]1. The number of hydrogen-bond donors (Lipinski definition) is 0. The van der Waals surface area contributed by atoms with E-state index >= 15 is 0 Å². The van der Waals surface area contributed by atoms with Gasteiger partial charge >= 0.3 is 49.8 Å². The van der Waals surface area contributed by atoms with E-state index in [1.54, 1.807) is 0 Å². The van der Waals surface area contributed by atoms with Crippen LogP contribution in [0.15, 0.2) is 0 Å². The Kier molecular flexibility index (Phi) is 5.59. The van der Waals surface area contributed by atoms with Crippen molar-refractivity contribution in [2.75, 3.05) is 0 Å². The Hall–Kier alpha value is 0.895. The van der Waals surface area contributed by atoms with Crippen LogP contribution in [0.4, 0.5) is 0 Å². The molecule has 50 valence electrons. The third-order valence-electron chi connectivity index (χ3n) is 0.272. The fraction of sp³-hybridized carbons (Fsp3) is 0. The summed E-state index contributed by atoms with van der Waals surface area (Å²) in [7, 11) is 0. The van der Waals surface area contributed by atoms with E-state index in [-0.39, 0.29) is 11.0 Å². The first kappa shape index (κ1) is 11.7. The van der Waals surface area contributed by atoms with Gasteiger partial charge in [-0.2, -0.15) is 0 Å². The van der Waals surface area contributed by atoms with E-state index in [1.165, 1.54) is 0 Å². The van der Waals surface area contributed by atoms with Crippen LogP contribution < -0.4 is 0 Å². The Bertz CT molecular complexity index is 123. The van der Waals surface area contributed by atoms with Crippen molar-refractivity contribution in [1.82, 2.24) is 0 Å². The van der Waals surface area contributed by atoms with Crippen LogP contribution >= 0.6 is 0 Å². The normalized spacial score (nSPS) is 21.5. The van der Waals surface area contributed by atoms with Crippen LogP contribution in [0.1, 0.15) is 0 Å². The van der Waals surface area contributed by atoms with Crippen LogP contribution in [0.2, 0.25) is 0 Å². The van der Waals surface area contributed by atoms with E-state index in [2.05, 4.69) is 3.48 Å². The second kappa shape index (κ2) is 3.83. The molecule has 1 aliphatic rings. The Morgan fingerprint density at radius 1 is 1.12 bits per heavy atom. The van der Waals surface area contributed by atoms with Gasteiger partial charge in [-0.1, -0.05) is 0 Å². The second-order valence-corrected chi connectivity index (χ2v) is 8.44. The second-order valence-electron chi connectivity index (χ2n) is 0.658. The Labute approximate surface area is 60.7 Å². The van der Waals surface area contributed by atoms with E-state index < -0.39 is 38.8 Å². The van der Waals surface area contributed by atoms with Gasteiger partial charge in [0.15, 0.2) is 0 Å². The van der Waals surface area contributed by atoms with E-state index in [0.717, 1.165) is 0 Å². The van der Waals surface area contributed by atoms with Crippen LogP contribution in [-0.2, 0) is 24.7 Å². The number of rotatable bonds is 0. The molecule has 0 atom stereocenters. The molecule has 6 nitrogen and oxygen atoms in total. The zero-order valence-electron chi connectivity index (χ0n) is 3.54. The zero-order chi connectivity index (χ0) is 4.62. The Morgan fingerprint density at radius 3 is 1.38 bits per heavy atom. The summed E-state index contributed by atoms with van der Waals surface area (Å²) < 4.78 is 27.8. The van der Waals surface area contributed by atoms with Gasteiger partial charge in [-0.25, -0.2) is 0 Å². The first-order valence-corrected chi connectivity index (χ1v) is 6.33. The summed E-state index contributed by atoms with van der Waals surface area (Å²) in [4.78, 5) is 0. The summed E-state index contributed by atoms with van der Waals surface area (Å²) >= 11 is -5.45. The van der Waals surface area contributed by atoms with Crippen molar-refractivity contribution >= 4 is 25.1 Å². The maximum absolute atomic E-state index is 9.76. The van der Waals surface area contributed by atoms with Crippen LogP contribution in [-0.4, -0.2) is 36.1 Å². The van der Waals surface area contributed by atoms with E-state index in [9.17, 15) is 7.61 Å². The molecule has 4 N–H and O–H groups in total. The third kappa shape index (κ3) is 3.03. The van der Waals surface area contributed by atoms with E-state index in [1.807, 2.05) is 0 Å². The fourth-order valence-electron chi connectivity index (χ4n) is 0.0896. The molecule has 0 aliphatic carbocycles. The molecule has 0 saturated carbocycles. The maximum atomic E-state index is 9.76. The van der Waals surface area contributed by atoms with Gasteiger partial charge in [0.05, 0.1) is 0 Å². The predicted octanol–water partition coefficient (Wildman–Crippen LogP) is -2.41. The van der Waals surface area contributed by atoms with Crippen LogP contribution in [0.3, 0.4) is 0 Å². The molecule has 0 spiro atoms. The summed E-state index contributed by atoms with van der Waals surface area (Å²) in [6.07, 6.45) is 0. The molecule has 2 radical (unpaired) electrons. The van der Waals surface area contributed by atoms with Crippen molar-refractivity contribution in [3.05, 3.63) is 0 Å². The molecule has 1 heterocycles. The predicted molar refractivity (Wildman–Crippen MR) is 16.5 cm³/mol. The molecule has 1 rings (SSSR count). The first-order valence-electron chi connectivity index (χ1n) is 1.07. The monoisotopic (exact) mass is 360 g/mol. The van der Waals surface area contributed by atoms with Gasteiger partial charge in [-0.05, 0) is 0 Å². The molecule has 0 aromatic carbocycles. The van der Waals surface area contributed by atoms with Crippen molar-refractivity contribution in [2.24, 2.45) is 0 Å². The van der Waals surface area contributed by atoms with Gasteiger partial charge in [-0.15, -0.1) is 0 Å². The van der Waals surface area contributed by atoms with Gasteiger partial charge in [0.2, 0.25) is 0 Å². The number of hydrogen-bond acceptors (Lipinski definition) is 4. The standard InChI is InChI=1S/Cr.2H2O.4O.Pb/h;2*1H2;;;;;. The molecule has 1 saturated heterocycles. The van der Waals surface area contributed by atoms with Crippen molar-refractivity contribution < 1.29 is 35.7 Å². The van der Waals surface area contributed by atoms with Crippen LogP contribution in [0.5, 0.6) is 0 Å². The molecule has 1 fully saturated rings. The van der Waals surface area contributed by atoms with Gasteiger partial charge in [-0.3, -0.25) is 0 Å². The Balaban J connectivity index is 0. The van der Waals surface area contributed by atoms with Crippen molar-refractivity contribution in [3.8, 4) is 0 Å². The molecule has 1 aliphatic heterocycles. The summed E-state index contributed by atoms with van der Waals surface area (Å²) in [5.41, 5.74) is 0. The molecule has 0 aromatic heterocycles. The quantitative estimate of drug-likeness (QED) is 0.448. The molecule has 0 amide bonds. The Morgan fingerprint density at radius 2 is 1.38 bits per heavy atom. The summed E-state index contributed by atoms with van der Waals surface area (Å²) in [5.74, 6) is 0. The molecule has 0 aromatic rings. The molecular formula is H4CrO6Pb. The van der Waals surface area contributed by atoms with Gasteiger partial charge in [0.25, 0.3) is 0 Å². The first-order chi connectivity index (χ1) is 2.71. The topological polar surface area (TPSA) is 116 Å². The van der Waals surface area contributed by atoms with Crippen LogP contribution in [0.25, 0.3) is 0 Å². The average molecular weight is 359 g/mol. The van der Waals surface area contributed by atoms with E-state index in [4.69, 9.17) is 0 Å². The van der Waals surface area contributed by atoms with Gasteiger partial charge in [0.1, 0.15) is 0 Å². The molecule has 0 bridgehead atoms. The third-order valence-corrected chi connectivity index (χ3v) is 9.85. The summed E-state index contributed by atoms with van der Waals surface area (Å²) in [6.45, 7) is 0. The minimum atomic E-state index is -4.01.